The molecule has 21 heavy (non-hydrogen) atoms. The Kier molecular flexibility index (Phi) is 3.81. The minimum atomic E-state index is -3.23. The van der Waals surface area contributed by atoms with Crippen molar-refractivity contribution < 1.29 is 13.2 Å². The van der Waals surface area contributed by atoms with E-state index in [1.165, 1.54) is 17.5 Å². The van der Waals surface area contributed by atoms with Gasteiger partial charge in [0, 0.05) is 24.2 Å². The van der Waals surface area contributed by atoms with E-state index in [9.17, 15) is 13.2 Å². The Morgan fingerprint density at radius 1 is 1.38 bits per heavy atom. The Labute approximate surface area is 126 Å². The monoisotopic (exact) mass is 325 g/mol. The highest BCUT2D eigenvalue weighted by molar-refractivity contribution is 7.91. The van der Waals surface area contributed by atoms with Crippen LogP contribution in [0.4, 0.5) is 0 Å². The molecule has 6 nitrogen and oxygen atoms in total. The van der Waals surface area contributed by atoms with E-state index in [2.05, 4.69) is 10.2 Å². The predicted octanol–water partition coefficient (Wildman–Crippen LogP) is 1.47. The highest BCUT2D eigenvalue weighted by Crippen LogP contribution is 2.32. The van der Waals surface area contributed by atoms with Crippen LogP contribution < -0.4 is 0 Å². The molecule has 3 rings (SSSR count). The van der Waals surface area contributed by atoms with Gasteiger partial charge in [-0.2, -0.15) is 5.10 Å². The lowest BCUT2D eigenvalue weighted by Gasteiger charge is -2.18. The van der Waals surface area contributed by atoms with Crippen molar-refractivity contribution in [1.82, 2.24) is 15.1 Å². The van der Waals surface area contributed by atoms with E-state index in [1.54, 1.807) is 11.0 Å². The van der Waals surface area contributed by atoms with Gasteiger partial charge in [0.05, 0.1) is 11.0 Å². The van der Waals surface area contributed by atoms with Gasteiger partial charge in [0.2, 0.25) is 0 Å². The van der Waals surface area contributed by atoms with Crippen molar-refractivity contribution >= 4 is 27.1 Å². The number of nitrogens with one attached hydrogen (secondary N) is 1. The average Bonchev–Trinajstić information content (AvgIpc) is 3.12. The SMILES string of the molecule is O=C(c1ccn[nH]1)N1CC[C@H](c2cccs2)S(=O)(=O)CC1. The van der Waals surface area contributed by atoms with Gasteiger partial charge in [-0.1, -0.05) is 6.07 Å². The molecule has 0 aromatic carbocycles. The van der Waals surface area contributed by atoms with Crippen molar-refractivity contribution in [2.24, 2.45) is 0 Å². The highest BCUT2D eigenvalue weighted by atomic mass is 32.2. The number of amides is 1. The number of hydrogen-bond acceptors (Lipinski definition) is 5. The Bertz CT molecular complexity index is 708. The zero-order valence-corrected chi connectivity index (χ0v) is 12.9. The first-order valence-corrected chi connectivity index (χ1v) is 9.21. The molecule has 112 valence electrons. The van der Waals surface area contributed by atoms with E-state index in [0.717, 1.165) is 4.88 Å². The van der Waals surface area contributed by atoms with Crippen LogP contribution in [0.2, 0.25) is 0 Å². The number of aromatic nitrogens is 2. The second kappa shape index (κ2) is 5.61. The molecule has 8 heteroatoms. The second-order valence-electron chi connectivity index (χ2n) is 4.92. The molecule has 0 spiro atoms. The van der Waals surface area contributed by atoms with Crippen molar-refractivity contribution in [2.75, 3.05) is 18.8 Å². The summed E-state index contributed by atoms with van der Waals surface area (Å²) in [5.74, 6) is -0.204. The molecule has 0 unspecified atom stereocenters. The van der Waals surface area contributed by atoms with Crippen molar-refractivity contribution in [1.29, 1.82) is 0 Å². The van der Waals surface area contributed by atoms with Gasteiger partial charge in [0.1, 0.15) is 5.69 Å². The van der Waals surface area contributed by atoms with Crippen LogP contribution in [0, 0.1) is 0 Å². The van der Waals surface area contributed by atoms with Crippen LogP contribution in [-0.4, -0.2) is 48.3 Å². The zero-order valence-electron chi connectivity index (χ0n) is 11.2. The summed E-state index contributed by atoms with van der Waals surface area (Å²) in [4.78, 5) is 14.7. The van der Waals surface area contributed by atoms with E-state index < -0.39 is 15.1 Å². The van der Waals surface area contributed by atoms with E-state index in [0.29, 0.717) is 18.7 Å². The van der Waals surface area contributed by atoms with Crippen LogP contribution in [0.1, 0.15) is 27.0 Å². The molecule has 1 amide bonds. The number of nitrogens with zero attached hydrogens (tertiary/aromatic N) is 2. The van der Waals surface area contributed by atoms with Crippen LogP contribution >= 0.6 is 11.3 Å². The number of hydrogen-bond donors (Lipinski definition) is 1. The van der Waals surface area contributed by atoms with Gasteiger partial charge in [-0.3, -0.25) is 9.89 Å². The minimum Gasteiger partial charge on any atom is -0.336 e. The number of H-pyrrole nitrogens is 1. The maximum Gasteiger partial charge on any atom is 0.271 e. The number of thiophene rings is 1. The van der Waals surface area contributed by atoms with Gasteiger partial charge in [0.25, 0.3) is 5.91 Å². The Morgan fingerprint density at radius 3 is 2.90 bits per heavy atom. The van der Waals surface area contributed by atoms with Crippen LogP contribution in [0.5, 0.6) is 0 Å². The van der Waals surface area contributed by atoms with Gasteiger partial charge < -0.3 is 4.90 Å². The van der Waals surface area contributed by atoms with Crippen molar-refractivity contribution in [3.63, 3.8) is 0 Å². The van der Waals surface area contributed by atoms with Crippen molar-refractivity contribution in [3.05, 3.63) is 40.3 Å². The van der Waals surface area contributed by atoms with Crippen LogP contribution in [0.15, 0.2) is 29.8 Å². The molecule has 1 aliphatic heterocycles. The smallest absolute Gasteiger partial charge is 0.271 e. The maximum absolute atomic E-state index is 12.4. The average molecular weight is 325 g/mol. The molecular weight excluding hydrogens is 310 g/mol. The fourth-order valence-corrected chi connectivity index (χ4v) is 5.49. The summed E-state index contributed by atoms with van der Waals surface area (Å²) in [6, 6.07) is 5.30. The highest BCUT2D eigenvalue weighted by Gasteiger charge is 2.33. The maximum atomic E-state index is 12.4. The van der Waals surface area contributed by atoms with Crippen LogP contribution in [0.3, 0.4) is 0 Å². The Balaban J connectivity index is 1.81. The van der Waals surface area contributed by atoms with E-state index in [4.69, 9.17) is 0 Å². The fourth-order valence-electron chi connectivity index (χ4n) is 2.49. The van der Waals surface area contributed by atoms with E-state index in [-0.39, 0.29) is 18.2 Å². The minimum absolute atomic E-state index is 0.00452. The number of carbonyl (C=O) groups excluding carboxylic acids is 1. The standard InChI is InChI=1S/C13H15N3O3S2/c17-13(10-3-5-14-15-10)16-6-4-12(11-2-1-8-20-11)21(18,19)9-7-16/h1-3,5,8,12H,4,6-7,9H2,(H,14,15)/t12-/m1/s1. The van der Waals surface area contributed by atoms with Gasteiger partial charge >= 0.3 is 0 Å². The molecule has 1 N–H and O–H groups in total. The molecule has 1 atom stereocenters. The topological polar surface area (TPSA) is 83.1 Å². The summed E-state index contributed by atoms with van der Waals surface area (Å²) in [7, 11) is -3.23. The molecule has 0 aliphatic carbocycles. The number of rotatable bonds is 2. The molecule has 0 saturated carbocycles. The van der Waals surface area contributed by atoms with Gasteiger partial charge in [-0.15, -0.1) is 11.3 Å². The molecule has 2 aromatic heterocycles. The lowest BCUT2D eigenvalue weighted by molar-refractivity contribution is 0.0760. The quantitative estimate of drug-likeness (QED) is 0.906. The molecule has 3 heterocycles. The summed E-state index contributed by atoms with van der Waals surface area (Å²) in [5, 5.41) is 7.76. The normalized spacial score (nSPS) is 21.9. The zero-order chi connectivity index (χ0) is 14.9. The second-order valence-corrected chi connectivity index (χ2v) is 8.20. The summed E-state index contributed by atoms with van der Waals surface area (Å²) >= 11 is 1.45. The number of sulfone groups is 1. The molecule has 0 bridgehead atoms. The molecule has 1 aliphatic rings. The summed E-state index contributed by atoms with van der Waals surface area (Å²) in [6.07, 6.45) is 1.94. The fraction of sp³-hybridized carbons (Fsp3) is 0.385. The Hall–Kier alpha value is -1.67. The van der Waals surface area contributed by atoms with Gasteiger partial charge in [-0.05, 0) is 23.9 Å². The van der Waals surface area contributed by atoms with Crippen molar-refractivity contribution in [3.8, 4) is 0 Å². The molecule has 2 aromatic rings. The summed E-state index contributed by atoms with van der Waals surface area (Å²) in [5.41, 5.74) is 0.391. The molecule has 0 radical (unpaired) electrons. The third kappa shape index (κ3) is 2.86. The number of carbonyl (C=O) groups is 1. The first-order chi connectivity index (χ1) is 10.1. The predicted molar refractivity (Wildman–Crippen MR) is 80.0 cm³/mol. The van der Waals surface area contributed by atoms with Crippen LogP contribution in [0.25, 0.3) is 0 Å². The first-order valence-electron chi connectivity index (χ1n) is 6.61. The van der Waals surface area contributed by atoms with Crippen molar-refractivity contribution in [2.45, 2.75) is 11.7 Å². The van der Waals surface area contributed by atoms with E-state index in [1.807, 2.05) is 17.5 Å². The number of aromatic amines is 1. The van der Waals surface area contributed by atoms with Crippen LogP contribution in [-0.2, 0) is 9.84 Å². The molecule has 1 saturated heterocycles. The third-order valence-electron chi connectivity index (χ3n) is 3.62. The first kappa shape index (κ1) is 14.3. The van der Waals surface area contributed by atoms with E-state index >= 15 is 0 Å². The van der Waals surface area contributed by atoms with Gasteiger partial charge in [-0.25, -0.2) is 8.42 Å². The van der Waals surface area contributed by atoms with Gasteiger partial charge in [0.15, 0.2) is 9.84 Å². The lowest BCUT2D eigenvalue weighted by atomic mass is 10.2. The lowest BCUT2D eigenvalue weighted by Crippen LogP contribution is -2.33. The largest absolute Gasteiger partial charge is 0.336 e. The third-order valence-corrected chi connectivity index (χ3v) is 6.86. The summed E-state index contributed by atoms with van der Waals surface area (Å²) < 4.78 is 24.8. The summed E-state index contributed by atoms with van der Waals surface area (Å²) in [6.45, 7) is 0.654. The molecular formula is C13H15N3O3S2. The Morgan fingerprint density at radius 2 is 2.24 bits per heavy atom. The molecule has 1 fully saturated rings.